The van der Waals surface area contributed by atoms with Gasteiger partial charge in [0.2, 0.25) is 15.7 Å². The Balaban J connectivity index is 2.06. The van der Waals surface area contributed by atoms with Gasteiger partial charge in [-0.05, 0) is 24.3 Å². The Kier molecular flexibility index (Phi) is 3.02. The van der Waals surface area contributed by atoms with Gasteiger partial charge in [0.1, 0.15) is 7.05 Å². The molecule has 0 amide bonds. The second-order valence-electron chi connectivity index (χ2n) is 4.56. The van der Waals surface area contributed by atoms with Gasteiger partial charge in [-0.3, -0.25) is 0 Å². The summed E-state index contributed by atoms with van der Waals surface area (Å²) in [5.41, 5.74) is 1.70. The predicted octanol–water partition coefficient (Wildman–Crippen LogP) is 1.29. The molecule has 3 rings (SSSR count). The highest BCUT2D eigenvalue weighted by molar-refractivity contribution is 7.90. The summed E-state index contributed by atoms with van der Waals surface area (Å²) >= 11 is 0. The van der Waals surface area contributed by atoms with E-state index >= 15 is 0 Å². The van der Waals surface area contributed by atoms with Crippen molar-refractivity contribution in [2.45, 2.75) is 10.8 Å². The van der Waals surface area contributed by atoms with Crippen molar-refractivity contribution >= 4 is 20.9 Å². The van der Waals surface area contributed by atoms with Gasteiger partial charge in [0.05, 0.1) is 10.1 Å². The molecule has 0 aliphatic rings. The van der Waals surface area contributed by atoms with Crippen LogP contribution in [0.2, 0.25) is 0 Å². The minimum absolute atomic E-state index is 0.168. The Hall–Kier alpha value is -2.21. The van der Waals surface area contributed by atoms with E-state index in [1.54, 1.807) is 42.1 Å². The van der Waals surface area contributed by atoms with E-state index in [-0.39, 0.29) is 5.88 Å². The van der Waals surface area contributed by atoms with Crippen LogP contribution in [0.5, 0.6) is 0 Å². The fourth-order valence-corrected chi connectivity index (χ4v) is 3.41. The topological polar surface area (TPSA) is 55.8 Å². The average molecular weight is 288 g/mol. The molecule has 6 heteroatoms. The Bertz CT molecular complexity index is 855. The first-order valence-electron chi connectivity index (χ1n) is 6.17. The third-order valence-electron chi connectivity index (χ3n) is 3.15. The molecule has 102 valence electrons. The summed E-state index contributed by atoms with van der Waals surface area (Å²) in [5.74, 6) is -0.168. The van der Waals surface area contributed by atoms with E-state index in [0.717, 1.165) is 11.0 Å². The van der Waals surface area contributed by atoms with Crippen LogP contribution in [0.4, 0.5) is 0 Å². The van der Waals surface area contributed by atoms with Gasteiger partial charge < -0.3 is 0 Å². The highest BCUT2D eigenvalue weighted by Crippen LogP contribution is 2.15. The largest absolute Gasteiger partial charge is 0.219 e. The number of rotatable bonds is 3. The van der Waals surface area contributed by atoms with E-state index in [1.165, 1.54) is 4.68 Å². The maximum absolute atomic E-state index is 12.4. The van der Waals surface area contributed by atoms with E-state index in [9.17, 15) is 8.42 Å². The summed E-state index contributed by atoms with van der Waals surface area (Å²) in [4.78, 5) is 0.308. The van der Waals surface area contributed by atoms with Crippen molar-refractivity contribution in [3.05, 3.63) is 54.6 Å². The smallest absolute Gasteiger partial charge is 0.219 e. The summed E-state index contributed by atoms with van der Waals surface area (Å²) < 4.78 is 28.0. The van der Waals surface area contributed by atoms with Crippen molar-refractivity contribution in [2.24, 2.45) is 7.05 Å². The van der Waals surface area contributed by atoms with Crippen LogP contribution >= 0.6 is 0 Å². The van der Waals surface area contributed by atoms with Crippen LogP contribution < -0.4 is 4.68 Å². The molecule has 0 radical (unpaired) electrons. The lowest BCUT2D eigenvalue weighted by Crippen LogP contribution is -2.32. The van der Waals surface area contributed by atoms with Crippen LogP contribution in [-0.2, 0) is 22.8 Å². The van der Waals surface area contributed by atoms with Gasteiger partial charge in [-0.1, -0.05) is 30.3 Å². The molecule has 1 heterocycles. The summed E-state index contributed by atoms with van der Waals surface area (Å²) in [6.45, 7) is 0. The third kappa shape index (κ3) is 2.18. The number of benzene rings is 2. The molecule has 5 nitrogen and oxygen atoms in total. The van der Waals surface area contributed by atoms with Crippen molar-refractivity contribution in [1.82, 2.24) is 9.90 Å². The zero-order chi connectivity index (χ0) is 14.2. The van der Waals surface area contributed by atoms with E-state index < -0.39 is 9.84 Å². The minimum Gasteiger partial charge on any atom is -0.219 e. The molecule has 0 aliphatic heterocycles. The number of nitrogens with zero attached hydrogens (tertiary/aromatic N) is 3. The first-order valence-corrected chi connectivity index (χ1v) is 7.83. The highest BCUT2D eigenvalue weighted by atomic mass is 32.2. The first kappa shape index (κ1) is 12.8. The normalized spacial score (nSPS) is 11.8. The van der Waals surface area contributed by atoms with Crippen LogP contribution in [0.15, 0.2) is 59.5 Å². The van der Waals surface area contributed by atoms with Crippen molar-refractivity contribution in [2.75, 3.05) is 0 Å². The predicted molar refractivity (Wildman–Crippen MR) is 74.5 cm³/mol. The van der Waals surface area contributed by atoms with E-state index in [2.05, 4.69) is 5.21 Å². The van der Waals surface area contributed by atoms with E-state index in [4.69, 9.17) is 0 Å². The SMILES string of the molecule is C[n+]1nn(CS(=O)(=O)c2ccccc2)c2ccccc21. The summed E-state index contributed by atoms with van der Waals surface area (Å²) in [6.07, 6.45) is 0. The van der Waals surface area contributed by atoms with Crippen molar-refractivity contribution in [3.8, 4) is 0 Å². The van der Waals surface area contributed by atoms with Gasteiger partial charge in [-0.25, -0.2) is 8.42 Å². The lowest BCUT2D eigenvalue weighted by molar-refractivity contribution is -0.709. The van der Waals surface area contributed by atoms with Crippen molar-refractivity contribution in [1.29, 1.82) is 0 Å². The van der Waals surface area contributed by atoms with E-state index in [0.29, 0.717) is 4.90 Å². The minimum atomic E-state index is -3.40. The molecule has 0 fully saturated rings. The zero-order valence-electron chi connectivity index (χ0n) is 11.0. The Morgan fingerprint density at radius 2 is 1.70 bits per heavy atom. The van der Waals surface area contributed by atoms with Gasteiger partial charge in [0.15, 0.2) is 11.0 Å². The second-order valence-corrected chi connectivity index (χ2v) is 6.52. The number of aromatic nitrogens is 3. The number of hydrogen-bond acceptors (Lipinski definition) is 3. The standard InChI is InChI=1S/C14H14N3O2S/c1-16-13-9-5-6-10-14(13)17(15-16)11-20(18,19)12-7-3-2-4-8-12/h2-10H,11H2,1H3/q+1. The first-order chi connectivity index (χ1) is 9.58. The third-order valence-corrected chi connectivity index (χ3v) is 4.72. The van der Waals surface area contributed by atoms with Crippen LogP contribution in [0, 0.1) is 0 Å². The molecule has 0 aliphatic carbocycles. The lowest BCUT2D eigenvalue weighted by atomic mass is 10.3. The van der Waals surface area contributed by atoms with Crippen LogP contribution in [-0.4, -0.2) is 18.3 Å². The maximum atomic E-state index is 12.4. The molecule has 0 saturated carbocycles. The van der Waals surface area contributed by atoms with Gasteiger partial charge >= 0.3 is 0 Å². The zero-order valence-corrected chi connectivity index (χ0v) is 11.8. The highest BCUT2D eigenvalue weighted by Gasteiger charge is 2.23. The van der Waals surface area contributed by atoms with Crippen LogP contribution in [0.3, 0.4) is 0 Å². The quantitative estimate of drug-likeness (QED) is 0.682. The Morgan fingerprint density at radius 1 is 1.05 bits per heavy atom. The average Bonchev–Trinajstić information content (AvgIpc) is 2.76. The Labute approximate surface area is 117 Å². The van der Waals surface area contributed by atoms with E-state index in [1.807, 2.05) is 24.3 Å². The summed E-state index contributed by atoms with van der Waals surface area (Å²) in [6, 6.07) is 16.0. The second kappa shape index (κ2) is 4.72. The molecule has 0 saturated heterocycles. The molecule has 2 aromatic carbocycles. The molecular formula is C14H14N3O2S+. The van der Waals surface area contributed by atoms with Crippen molar-refractivity contribution < 1.29 is 13.1 Å². The van der Waals surface area contributed by atoms with Crippen LogP contribution in [0.25, 0.3) is 11.0 Å². The molecule has 3 aromatic rings. The summed E-state index contributed by atoms with van der Waals surface area (Å²) in [7, 11) is -1.60. The molecular weight excluding hydrogens is 274 g/mol. The number of para-hydroxylation sites is 2. The number of fused-ring (bicyclic) bond motifs is 1. The van der Waals surface area contributed by atoms with Gasteiger partial charge in [0.25, 0.3) is 0 Å². The maximum Gasteiger partial charge on any atom is 0.219 e. The van der Waals surface area contributed by atoms with Crippen LogP contribution in [0.1, 0.15) is 0 Å². The van der Waals surface area contributed by atoms with Gasteiger partial charge in [-0.2, -0.15) is 0 Å². The molecule has 0 atom stereocenters. The molecule has 20 heavy (non-hydrogen) atoms. The number of sulfone groups is 1. The number of hydrogen-bond donors (Lipinski definition) is 0. The fourth-order valence-electron chi connectivity index (χ4n) is 2.17. The molecule has 0 bridgehead atoms. The monoisotopic (exact) mass is 288 g/mol. The molecule has 0 unspecified atom stereocenters. The van der Waals surface area contributed by atoms with Gasteiger partial charge in [0, 0.05) is 0 Å². The van der Waals surface area contributed by atoms with Gasteiger partial charge in [-0.15, -0.1) is 9.36 Å². The Morgan fingerprint density at radius 3 is 2.45 bits per heavy atom. The van der Waals surface area contributed by atoms with Crippen molar-refractivity contribution in [3.63, 3.8) is 0 Å². The lowest BCUT2D eigenvalue weighted by Gasteiger charge is -2.00. The summed E-state index contributed by atoms with van der Waals surface area (Å²) in [5, 5.41) is 4.25. The molecule has 0 spiro atoms. The molecule has 0 N–H and O–H groups in total. The number of aryl methyl sites for hydroxylation is 1. The fraction of sp³-hybridized carbons (Fsp3) is 0.143. The molecule has 1 aromatic heterocycles.